The van der Waals surface area contributed by atoms with Crippen molar-refractivity contribution in [2.75, 3.05) is 19.5 Å². The standard InChI is InChI=1S/C23H22ClN3O2/c1-14-12-15(24)13-20(29-4)21(14)26-23-25-18-10-7-9-17(22(18)27(23)2)16-8-5-6-11-19(16)28-3/h5-13H,1-4H3,(H,25,26). The van der Waals surface area contributed by atoms with E-state index in [4.69, 9.17) is 26.1 Å². The van der Waals surface area contributed by atoms with Crippen molar-refractivity contribution >= 4 is 34.3 Å². The summed E-state index contributed by atoms with van der Waals surface area (Å²) in [5.74, 6) is 2.21. The fraction of sp³-hybridized carbons (Fsp3) is 0.174. The van der Waals surface area contributed by atoms with Crippen LogP contribution in [-0.4, -0.2) is 23.8 Å². The number of nitrogens with zero attached hydrogens (tertiary/aromatic N) is 2. The Morgan fingerprint density at radius 3 is 2.41 bits per heavy atom. The number of methoxy groups -OCH3 is 2. The van der Waals surface area contributed by atoms with Gasteiger partial charge in [0, 0.05) is 29.3 Å². The lowest BCUT2D eigenvalue weighted by Crippen LogP contribution is -2.03. The topological polar surface area (TPSA) is 48.3 Å². The van der Waals surface area contributed by atoms with Gasteiger partial charge < -0.3 is 19.4 Å². The van der Waals surface area contributed by atoms with Gasteiger partial charge in [0.25, 0.3) is 0 Å². The Balaban J connectivity index is 1.87. The summed E-state index contributed by atoms with van der Waals surface area (Å²) in [6.45, 7) is 1.99. The summed E-state index contributed by atoms with van der Waals surface area (Å²) in [5, 5.41) is 4.05. The van der Waals surface area contributed by atoms with E-state index in [1.165, 1.54) is 0 Å². The molecule has 1 N–H and O–H groups in total. The van der Waals surface area contributed by atoms with Crippen LogP contribution in [0.2, 0.25) is 5.02 Å². The molecule has 0 radical (unpaired) electrons. The summed E-state index contributed by atoms with van der Waals surface area (Å²) in [7, 11) is 5.31. The molecule has 0 spiro atoms. The van der Waals surface area contributed by atoms with Crippen LogP contribution in [0.1, 0.15) is 5.56 Å². The quantitative estimate of drug-likeness (QED) is 0.443. The van der Waals surface area contributed by atoms with E-state index in [0.29, 0.717) is 16.7 Å². The van der Waals surface area contributed by atoms with Gasteiger partial charge in [0.15, 0.2) is 0 Å². The molecule has 0 saturated carbocycles. The Morgan fingerprint density at radius 2 is 1.66 bits per heavy atom. The molecule has 0 unspecified atom stereocenters. The molecule has 3 aromatic carbocycles. The summed E-state index contributed by atoms with van der Waals surface area (Å²) < 4.78 is 13.1. The summed E-state index contributed by atoms with van der Waals surface area (Å²) in [6.07, 6.45) is 0. The molecule has 0 fully saturated rings. The molecule has 1 heterocycles. The second-order valence-corrected chi connectivity index (χ2v) is 7.23. The number of aromatic nitrogens is 2. The second kappa shape index (κ2) is 7.68. The monoisotopic (exact) mass is 407 g/mol. The van der Waals surface area contributed by atoms with E-state index < -0.39 is 0 Å². The first-order valence-corrected chi connectivity index (χ1v) is 9.61. The lowest BCUT2D eigenvalue weighted by molar-refractivity contribution is 0.416. The Labute approximate surface area is 174 Å². The van der Waals surface area contributed by atoms with Crippen molar-refractivity contribution in [1.29, 1.82) is 0 Å². The van der Waals surface area contributed by atoms with Crippen molar-refractivity contribution < 1.29 is 9.47 Å². The first-order valence-electron chi connectivity index (χ1n) is 9.23. The molecule has 0 aliphatic heterocycles. The summed E-state index contributed by atoms with van der Waals surface area (Å²) >= 11 is 6.18. The molecule has 4 aromatic rings. The van der Waals surface area contributed by atoms with Crippen molar-refractivity contribution in [3.05, 3.63) is 65.2 Å². The zero-order valence-electron chi connectivity index (χ0n) is 16.8. The minimum Gasteiger partial charge on any atom is -0.496 e. The SMILES string of the molecule is COc1ccccc1-c1cccc2nc(Nc3c(C)cc(Cl)cc3OC)n(C)c12. The van der Waals surface area contributed by atoms with E-state index in [-0.39, 0.29) is 0 Å². The third-order valence-corrected chi connectivity index (χ3v) is 5.23. The Hall–Kier alpha value is -3.18. The van der Waals surface area contributed by atoms with Crippen molar-refractivity contribution in [2.24, 2.45) is 7.05 Å². The van der Waals surface area contributed by atoms with Gasteiger partial charge in [-0.15, -0.1) is 0 Å². The first kappa shape index (κ1) is 19.2. The predicted molar refractivity (Wildman–Crippen MR) is 119 cm³/mol. The highest BCUT2D eigenvalue weighted by Crippen LogP contribution is 2.38. The zero-order chi connectivity index (χ0) is 20.5. The highest BCUT2D eigenvalue weighted by molar-refractivity contribution is 6.31. The predicted octanol–water partition coefficient (Wildman–Crippen LogP) is 5.96. The average molecular weight is 408 g/mol. The van der Waals surface area contributed by atoms with Crippen LogP contribution in [0.3, 0.4) is 0 Å². The van der Waals surface area contributed by atoms with E-state index in [2.05, 4.69) is 17.4 Å². The van der Waals surface area contributed by atoms with Crippen LogP contribution >= 0.6 is 11.6 Å². The highest BCUT2D eigenvalue weighted by Gasteiger charge is 2.17. The molecule has 6 heteroatoms. The number of nitrogens with one attached hydrogen (secondary N) is 1. The van der Waals surface area contributed by atoms with Crippen molar-refractivity contribution in [1.82, 2.24) is 9.55 Å². The molecule has 0 aliphatic carbocycles. The number of anilines is 2. The molecule has 1 aromatic heterocycles. The lowest BCUT2D eigenvalue weighted by atomic mass is 10.0. The maximum Gasteiger partial charge on any atom is 0.208 e. The van der Waals surface area contributed by atoms with E-state index in [1.807, 2.05) is 54.9 Å². The fourth-order valence-electron chi connectivity index (χ4n) is 3.61. The number of para-hydroxylation sites is 2. The number of hydrogen-bond acceptors (Lipinski definition) is 4. The van der Waals surface area contributed by atoms with E-state index >= 15 is 0 Å². The minimum atomic E-state index is 0.633. The zero-order valence-corrected chi connectivity index (χ0v) is 17.5. The number of aryl methyl sites for hydroxylation is 2. The smallest absolute Gasteiger partial charge is 0.208 e. The fourth-order valence-corrected chi connectivity index (χ4v) is 3.87. The molecule has 4 rings (SSSR count). The number of halogens is 1. The highest BCUT2D eigenvalue weighted by atomic mass is 35.5. The lowest BCUT2D eigenvalue weighted by Gasteiger charge is -2.15. The summed E-state index contributed by atoms with van der Waals surface area (Å²) in [4.78, 5) is 4.81. The van der Waals surface area contributed by atoms with Gasteiger partial charge in [0.1, 0.15) is 11.5 Å². The van der Waals surface area contributed by atoms with Crippen molar-refractivity contribution in [3.8, 4) is 22.6 Å². The van der Waals surface area contributed by atoms with Crippen LogP contribution in [-0.2, 0) is 7.05 Å². The second-order valence-electron chi connectivity index (χ2n) is 6.79. The minimum absolute atomic E-state index is 0.633. The number of hydrogen-bond donors (Lipinski definition) is 1. The van der Waals surface area contributed by atoms with Gasteiger partial charge in [0.2, 0.25) is 5.95 Å². The van der Waals surface area contributed by atoms with Crippen LogP contribution in [0.5, 0.6) is 11.5 Å². The third kappa shape index (κ3) is 3.38. The maximum atomic E-state index is 6.18. The van der Waals surface area contributed by atoms with E-state index in [0.717, 1.165) is 39.2 Å². The van der Waals surface area contributed by atoms with Crippen LogP contribution in [0.4, 0.5) is 11.6 Å². The van der Waals surface area contributed by atoms with Gasteiger partial charge in [-0.05, 0) is 30.7 Å². The molecule has 0 saturated heterocycles. The number of imidazole rings is 1. The first-order chi connectivity index (χ1) is 14.0. The van der Waals surface area contributed by atoms with E-state index in [9.17, 15) is 0 Å². The Kier molecular flexibility index (Phi) is 5.07. The molecule has 5 nitrogen and oxygen atoms in total. The van der Waals surface area contributed by atoms with Gasteiger partial charge in [-0.25, -0.2) is 4.98 Å². The third-order valence-electron chi connectivity index (χ3n) is 5.01. The molecule has 0 amide bonds. The number of fused-ring (bicyclic) bond motifs is 1. The Morgan fingerprint density at radius 1 is 0.931 bits per heavy atom. The molecule has 0 bridgehead atoms. The number of benzene rings is 3. The van der Waals surface area contributed by atoms with Crippen molar-refractivity contribution in [3.63, 3.8) is 0 Å². The van der Waals surface area contributed by atoms with Crippen LogP contribution < -0.4 is 14.8 Å². The largest absolute Gasteiger partial charge is 0.496 e. The van der Waals surface area contributed by atoms with Crippen LogP contribution in [0.25, 0.3) is 22.2 Å². The van der Waals surface area contributed by atoms with Gasteiger partial charge in [0.05, 0.1) is 30.9 Å². The molecule has 29 heavy (non-hydrogen) atoms. The summed E-state index contributed by atoms with van der Waals surface area (Å²) in [6, 6.07) is 17.8. The van der Waals surface area contributed by atoms with E-state index in [1.54, 1.807) is 20.3 Å². The number of rotatable bonds is 5. The van der Waals surface area contributed by atoms with Crippen LogP contribution in [0, 0.1) is 6.92 Å². The molecular weight excluding hydrogens is 386 g/mol. The van der Waals surface area contributed by atoms with Crippen LogP contribution in [0.15, 0.2) is 54.6 Å². The molecule has 148 valence electrons. The summed E-state index contributed by atoms with van der Waals surface area (Å²) in [5.41, 5.74) is 5.81. The van der Waals surface area contributed by atoms with Gasteiger partial charge in [-0.1, -0.05) is 41.9 Å². The number of ether oxygens (including phenoxy) is 2. The normalized spacial score (nSPS) is 10.9. The van der Waals surface area contributed by atoms with Gasteiger partial charge in [-0.2, -0.15) is 0 Å². The van der Waals surface area contributed by atoms with Gasteiger partial charge >= 0.3 is 0 Å². The maximum absolute atomic E-state index is 6.18. The Bertz CT molecular complexity index is 1200. The van der Waals surface area contributed by atoms with Gasteiger partial charge in [-0.3, -0.25) is 0 Å². The molecule has 0 aliphatic rings. The molecule has 0 atom stereocenters. The molecular formula is C23H22ClN3O2. The van der Waals surface area contributed by atoms with Crippen molar-refractivity contribution in [2.45, 2.75) is 6.92 Å². The average Bonchev–Trinajstić information content (AvgIpc) is 3.05.